The van der Waals surface area contributed by atoms with E-state index in [4.69, 9.17) is 0 Å². The van der Waals surface area contributed by atoms with Crippen molar-refractivity contribution >= 4 is 34.8 Å². The Balaban J connectivity index is 1.65. The van der Waals surface area contributed by atoms with Crippen molar-refractivity contribution in [2.75, 3.05) is 15.5 Å². The smallest absolute Gasteiger partial charge is 0.259 e. The fraction of sp³-hybridized carbons (Fsp3) is 0.160. The summed E-state index contributed by atoms with van der Waals surface area (Å²) in [7, 11) is 0. The average molecular weight is 413 g/mol. The number of hydrogen-bond acceptors (Lipinski definition) is 3. The van der Waals surface area contributed by atoms with Gasteiger partial charge < -0.3 is 10.6 Å². The van der Waals surface area contributed by atoms with Crippen molar-refractivity contribution in [2.24, 2.45) is 0 Å². The quantitative estimate of drug-likeness (QED) is 0.669. The maximum atomic E-state index is 13.5. The van der Waals surface area contributed by atoms with Crippen molar-refractivity contribution < 1.29 is 14.4 Å². The molecule has 3 aromatic carbocycles. The van der Waals surface area contributed by atoms with Crippen LogP contribution in [-0.4, -0.2) is 23.8 Å². The van der Waals surface area contributed by atoms with Gasteiger partial charge in [-0.2, -0.15) is 0 Å². The molecule has 1 heterocycles. The maximum Gasteiger partial charge on any atom is 0.259 e. The summed E-state index contributed by atoms with van der Waals surface area (Å²) in [5.41, 5.74) is 4.24. The summed E-state index contributed by atoms with van der Waals surface area (Å²) in [4.78, 5) is 40.6. The van der Waals surface area contributed by atoms with E-state index in [9.17, 15) is 14.4 Å². The van der Waals surface area contributed by atoms with Crippen LogP contribution in [0.5, 0.6) is 0 Å². The second-order valence-corrected chi connectivity index (χ2v) is 7.69. The minimum atomic E-state index is -0.964. The Morgan fingerprint density at radius 2 is 1.68 bits per heavy atom. The number of aryl methyl sites for hydroxylation is 2. The number of amides is 3. The van der Waals surface area contributed by atoms with Crippen LogP contribution in [0.4, 0.5) is 17.1 Å². The van der Waals surface area contributed by atoms with Gasteiger partial charge in [0, 0.05) is 11.3 Å². The molecule has 156 valence electrons. The molecular weight excluding hydrogens is 390 g/mol. The lowest BCUT2D eigenvalue weighted by Crippen LogP contribution is -2.52. The molecule has 1 aliphatic rings. The van der Waals surface area contributed by atoms with Crippen molar-refractivity contribution in [3.8, 4) is 0 Å². The molecule has 0 fully saturated rings. The third-order valence-electron chi connectivity index (χ3n) is 5.23. The van der Waals surface area contributed by atoms with Gasteiger partial charge in [0.15, 0.2) is 0 Å². The summed E-state index contributed by atoms with van der Waals surface area (Å²) in [5, 5.41) is 5.63. The van der Waals surface area contributed by atoms with Crippen LogP contribution in [0.15, 0.2) is 72.8 Å². The molecule has 0 aromatic heterocycles. The van der Waals surface area contributed by atoms with Gasteiger partial charge in [0.05, 0.1) is 17.8 Å². The van der Waals surface area contributed by atoms with Crippen LogP contribution in [0.3, 0.4) is 0 Å². The average Bonchev–Trinajstić information content (AvgIpc) is 2.75. The van der Waals surface area contributed by atoms with Crippen molar-refractivity contribution in [1.82, 2.24) is 0 Å². The van der Waals surface area contributed by atoms with Crippen molar-refractivity contribution in [3.05, 3.63) is 89.5 Å². The van der Waals surface area contributed by atoms with Gasteiger partial charge in [-0.3, -0.25) is 19.3 Å². The van der Waals surface area contributed by atoms with Gasteiger partial charge in [-0.25, -0.2) is 0 Å². The maximum absolute atomic E-state index is 13.5. The monoisotopic (exact) mass is 413 g/mol. The van der Waals surface area contributed by atoms with E-state index < -0.39 is 11.9 Å². The molecule has 1 aliphatic heterocycles. The molecule has 1 atom stereocenters. The third kappa shape index (κ3) is 4.33. The Labute approximate surface area is 180 Å². The number of carbonyl (C=O) groups is 3. The van der Waals surface area contributed by atoms with Gasteiger partial charge in [-0.05, 0) is 50.2 Å². The molecular formula is C25H23N3O3. The molecule has 0 radical (unpaired) electrons. The molecule has 2 N–H and O–H groups in total. The molecule has 3 aromatic rings. The van der Waals surface area contributed by atoms with Crippen LogP contribution in [-0.2, 0) is 9.59 Å². The third-order valence-corrected chi connectivity index (χ3v) is 5.23. The van der Waals surface area contributed by atoms with Gasteiger partial charge in [0.25, 0.3) is 5.91 Å². The number of rotatable bonds is 4. The van der Waals surface area contributed by atoms with E-state index in [1.807, 2.05) is 32.0 Å². The first-order valence-corrected chi connectivity index (χ1v) is 10.1. The van der Waals surface area contributed by atoms with Crippen molar-refractivity contribution in [2.45, 2.75) is 26.3 Å². The van der Waals surface area contributed by atoms with E-state index in [1.54, 1.807) is 54.6 Å². The minimum Gasteiger partial charge on any atom is -0.326 e. The number of hydrogen-bond donors (Lipinski definition) is 2. The van der Waals surface area contributed by atoms with Gasteiger partial charge in [-0.1, -0.05) is 47.5 Å². The Morgan fingerprint density at radius 3 is 2.42 bits per heavy atom. The molecule has 1 unspecified atom stereocenters. The summed E-state index contributed by atoms with van der Waals surface area (Å²) in [5.74, 6) is -1.05. The van der Waals surface area contributed by atoms with Crippen LogP contribution >= 0.6 is 0 Å². The topological polar surface area (TPSA) is 78.5 Å². The highest BCUT2D eigenvalue weighted by Crippen LogP contribution is 2.34. The zero-order chi connectivity index (χ0) is 22.0. The molecule has 6 nitrogen and oxygen atoms in total. The number of fused-ring (bicyclic) bond motifs is 1. The highest BCUT2D eigenvalue weighted by molar-refractivity contribution is 6.17. The molecule has 31 heavy (non-hydrogen) atoms. The zero-order valence-corrected chi connectivity index (χ0v) is 17.4. The molecule has 0 spiro atoms. The Kier molecular flexibility index (Phi) is 5.54. The second kappa shape index (κ2) is 8.44. The van der Waals surface area contributed by atoms with Crippen molar-refractivity contribution in [3.63, 3.8) is 0 Å². The van der Waals surface area contributed by atoms with E-state index in [1.165, 1.54) is 4.90 Å². The van der Waals surface area contributed by atoms with Crippen LogP contribution in [0.2, 0.25) is 0 Å². The molecule has 0 bridgehead atoms. The summed E-state index contributed by atoms with van der Waals surface area (Å²) >= 11 is 0. The fourth-order valence-corrected chi connectivity index (χ4v) is 3.67. The van der Waals surface area contributed by atoms with Crippen molar-refractivity contribution in [1.29, 1.82) is 0 Å². The number of benzene rings is 3. The fourth-order valence-electron chi connectivity index (χ4n) is 3.67. The first kappa shape index (κ1) is 20.3. The van der Waals surface area contributed by atoms with Gasteiger partial charge in [0.1, 0.15) is 6.04 Å². The highest BCUT2D eigenvalue weighted by Gasteiger charge is 2.38. The van der Waals surface area contributed by atoms with Crippen LogP contribution < -0.4 is 15.5 Å². The molecule has 0 saturated carbocycles. The standard InChI is InChI=1S/C25H23N3O3/c1-16-10-12-19(13-11-16)26-23(29)15-22-24(30)27-20-8-3-4-9-21(20)28(22)25(31)18-7-5-6-17(2)14-18/h3-14,22H,15H2,1-2H3,(H,26,29)(H,27,30). The molecule has 3 amide bonds. The number of nitrogens with zero attached hydrogens (tertiary/aromatic N) is 1. The molecule has 0 saturated heterocycles. The normalized spacial score (nSPS) is 15.1. The summed E-state index contributed by atoms with van der Waals surface area (Å²) in [6.45, 7) is 3.87. The van der Waals surface area contributed by atoms with E-state index in [0.717, 1.165) is 11.1 Å². The van der Waals surface area contributed by atoms with E-state index in [-0.39, 0.29) is 18.2 Å². The van der Waals surface area contributed by atoms with Crippen LogP contribution in [0.25, 0.3) is 0 Å². The van der Waals surface area contributed by atoms with Crippen LogP contribution in [0, 0.1) is 13.8 Å². The zero-order valence-electron chi connectivity index (χ0n) is 17.4. The summed E-state index contributed by atoms with van der Waals surface area (Å²) < 4.78 is 0. The number of anilines is 3. The number of nitrogens with one attached hydrogen (secondary N) is 2. The van der Waals surface area contributed by atoms with E-state index in [0.29, 0.717) is 22.6 Å². The number of carbonyl (C=O) groups excluding carboxylic acids is 3. The minimum absolute atomic E-state index is 0.161. The van der Waals surface area contributed by atoms with E-state index in [2.05, 4.69) is 10.6 Å². The number of para-hydroxylation sites is 2. The Bertz CT molecular complexity index is 1150. The lowest BCUT2D eigenvalue weighted by Gasteiger charge is -2.36. The van der Waals surface area contributed by atoms with Crippen LogP contribution in [0.1, 0.15) is 27.9 Å². The largest absolute Gasteiger partial charge is 0.326 e. The lowest BCUT2D eigenvalue weighted by molar-refractivity contribution is -0.122. The van der Waals surface area contributed by atoms with Gasteiger partial charge in [-0.15, -0.1) is 0 Å². The molecule has 0 aliphatic carbocycles. The first-order chi connectivity index (χ1) is 14.9. The van der Waals surface area contributed by atoms with Gasteiger partial charge >= 0.3 is 0 Å². The SMILES string of the molecule is Cc1ccc(NC(=O)CC2C(=O)Nc3ccccc3N2C(=O)c2cccc(C)c2)cc1. The Hall–Kier alpha value is -3.93. The predicted molar refractivity (Wildman–Crippen MR) is 121 cm³/mol. The first-order valence-electron chi connectivity index (χ1n) is 10.1. The summed E-state index contributed by atoms with van der Waals surface area (Å²) in [6, 6.07) is 20.7. The van der Waals surface area contributed by atoms with Gasteiger partial charge in [0.2, 0.25) is 11.8 Å². The summed E-state index contributed by atoms with van der Waals surface area (Å²) in [6.07, 6.45) is -0.161. The lowest BCUT2D eigenvalue weighted by atomic mass is 10.0. The molecule has 4 rings (SSSR count). The predicted octanol–water partition coefficient (Wildman–Crippen LogP) is 4.30. The molecule has 6 heteroatoms. The highest BCUT2D eigenvalue weighted by atomic mass is 16.2. The van der Waals surface area contributed by atoms with E-state index >= 15 is 0 Å². The second-order valence-electron chi connectivity index (χ2n) is 7.69. The Morgan fingerprint density at radius 1 is 0.935 bits per heavy atom.